The van der Waals surface area contributed by atoms with E-state index in [1.165, 1.54) is 0 Å². The Kier molecular flexibility index (Phi) is 5.98. The highest BCUT2D eigenvalue weighted by atomic mass is 16.5. The third kappa shape index (κ3) is 4.69. The maximum absolute atomic E-state index is 12.6. The Hall–Kier alpha value is -2.08. The maximum atomic E-state index is 12.6. The summed E-state index contributed by atoms with van der Waals surface area (Å²) in [6.45, 7) is 7.63. The molecule has 1 aliphatic heterocycles. The molecule has 1 aromatic carbocycles. The topological polar surface area (TPSA) is 70.7 Å². The minimum atomic E-state index is -0.260. The van der Waals surface area contributed by atoms with Crippen molar-refractivity contribution in [2.75, 3.05) is 25.1 Å². The molecule has 1 aromatic rings. The van der Waals surface area contributed by atoms with Gasteiger partial charge in [0.25, 0.3) is 5.91 Å². The Morgan fingerprint density at radius 3 is 2.91 bits per heavy atom. The van der Waals surface area contributed by atoms with E-state index >= 15 is 0 Å². The number of carbonyl (C=O) groups is 2. The van der Waals surface area contributed by atoms with Crippen LogP contribution in [0.25, 0.3) is 0 Å². The van der Waals surface area contributed by atoms with Crippen LogP contribution in [0.15, 0.2) is 24.3 Å². The number of rotatable bonds is 4. The van der Waals surface area contributed by atoms with Gasteiger partial charge in [0.05, 0.1) is 19.3 Å². The van der Waals surface area contributed by atoms with E-state index in [-0.39, 0.29) is 24.0 Å². The zero-order valence-corrected chi connectivity index (χ0v) is 14.0. The summed E-state index contributed by atoms with van der Waals surface area (Å²) in [5.74, 6) is -0.0354. The van der Waals surface area contributed by atoms with E-state index in [0.717, 1.165) is 6.42 Å². The van der Waals surface area contributed by atoms with Crippen LogP contribution in [0.4, 0.5) is 10.5 Å². The van der Waals surface area contributed by atoms with Crippen LogP contribution in [0.2, 0.25) is 0 Å². The zero-order chi connectivity index (χ0) is 16.8. The summed E-state index contributed by atoms with van der Waals surface area (Å²) in [6.07, 6.45) is 0.862. The van der Waals surface area contributed by atoms with Crippen molar-refractivity contribution in [2.45, 2.75) is 39.3 Å². The maximum Gasteiger partial charge on any atom is 0.319 e. The van der Waals surface area contributed by atoms with Gasteiger partial charge in [0, 0.05) is 23.8 Å². The molecule has 0 aromatic heterocycles. The predicted octanol–water partition coefficient (Wildman–Crippen LogP) is 2.47. The van der Waals surface area contributed by atoms with E-state index in [0.29, 0.717) is 31.0 Å². The fraction of sp³-hybridized carbons (Fsp3) is 0.529. The molecular weight excluding hydrogens is 294 g/mol. The van der Waals surface area contributed by atoms with E-state index in [9.17, 15) is 9.59 Å². The number of carbonyl (C=O) groups excluding carboxylic acids is 2. The molecule has 1 heterocycles. The molecule has 1 saturated heterocycles. The predicted molar refractivity (Wildman–Crippen MR) is 89.7 cm³/mol. The highest BCUT2D eigenvalue weighted by Gasteiger charge is 2.24. The van der Waals surface area contributed by atoms with Gasteiger partial charge in [-0.15, -0.1) is 0 Å². The van der Waals surface area contributed by atoms with Crippen molar-refractivity contribution in [1.82, 2.24) is 10.2 Å². The van der Waals surface area contributed by atoms with Gasteiger partial charge in [0.1, 0.15) is 0 Å². The first-order valence-electron chi connectivity index (χ1n) is 8.07. The fourth-order valence-corrected chi connectivity index (χ4v) is 2.42. The van der Waals surface area contributed by atoms with E-state index in [1.54, 1.807) is 24.3 Å². The van der Waals surface area contributed by atoms with Gasteiger partial charge in [-0.1, -0.05) is 13.0 Å². The van der Waals surface area contributed by atoms with E-state index < -0.39 is 0 Å². The molecule has 0 saturated carbocycles. The van der Waals surface area contributed by atoms with Crippen LogP contribution in [-0.4, -0.2) is 48.7 Å². The van der Waals surface area contributed by atoms with E-state index in [4.69, 9.17) is 4.74 Å². The molecule has 2 N–H and O–H groups in total. The Morgan fingerprint density at radius 2 is 2.22 bits per heavy atom. The first-order chi connectivity index (χ1) is 11.0. The molecule has 1 aliphatic rings. The highest BCUT2D eigenvalue weighted by molar-refractivity contribution is 5.97. The van der Waals surface area contributed by atoms with Crippen molar-refractivity contribution in [3.05, 3.63) is 29.8 Å². The van der Waals surface area contributed by atoms with Crippen molar-refractivity contribution < 1.29 is 14.3 Å². The number of urea groups is 1. The van der Waals surface area contributed by atoms with Gasteiger partial charge >= 0.3 is 6.03 Å². The number of nitrogens with zero attached hydrogens (tertiary/aromatic N) is 1. The summed E-state index contributed by atoms with van der Waals surface area (Å²) in [7, 11) is 0. The lowest BCUT2D eigenvalue weighted by atomic mass is 10.1. The average molecular weight is 319 g/mol. The Balaban J connectivity index is 2.04. The van der Waals surface area contributed by atoms with Crippen LogP contribution in [0.3, 0.4) is 0 Å². The van der Waals surface area contributed by atoms with Gasteiger partial charge in [-0.2, -0.15) is 0 Å². The van der Waals surface area contributed by atoms with E-state index in [2.05, 4.69) is 10.6 Å². The Labute approximate surface area is 137 Å². The summed E-state index contributed by atoms with van der Waals surface area (Å²) in [4.78, 5) is 26.3. The van der Waals surface area contributed by atoms with Gasteiger partial charge < -0.3 is 20.3 Å². The molecule has 2 rings (SSSR count). The lowest BCUT2D eigenvalue weighted by molar-refractivity contribution is 0.00360. The summed E-state index contributed by atoms with van der Waals surface area (Å²) in [5.41, 5.74) is 1.18. The minimum Gasteiger partial charge on any atom is -0.377 e. The fourth-order valence-electron chi connectivity index (χ4n) is 2.42. The van der Waals surface area contributed by atoms with Crippen molar-refractivity contribution in [3.8, 4) is 0 Å². The van der Waals surface area contributed by atoms with Crippen LogP contribution in [0.5, 0.6) is 0 Å². The molecule has 2 unspecified atom stereocenters. The first kappa shape index (κ1) is 17.3. The second-order valence-electron chi connectivity index (χ2n) is 5.91. The lowest BCUT2D eigenvalue weighted by Gasteiger charge is -2.33. The molecule has 6 nitrogen and oxygen atoms in total. The quantitative estimate of drug-likeness (QED) is 0.895. The molecule has 0 spiro atoms. The van der Waals surface area contributed by atoms with Crippen LogP contribution in [0, 0.1) is 0 Å². The standard InChI is InChI=1S/C17H25N3O3/c1-4-12(2)18-17(22)19-15-7-5-6-14(10-15)16(21)20-8-9-23-11-13(20)3/h5-7,10,12-13H,4,8-9,11H2,1-3H3,(H2,18,19,22). The highest BCUT2D eigenvalue weighted by Crippen LogP contribution is 2.16. The second-order valence-corrected chi connectivity index (χ2v) is 5.91. The summed E-state index contributed by atoms with van der Waals surface area (Å²) >= 11 is 0. The largest absolute Gasteiger partial charge is 0.377 e. The molecule has 0 aliphatic carbocycles. The lowest BCUT2D eigenvalue weighted by Crippen LogP contribution is -2.47. The summed E-state index contributed by atoms with van der Waals surface area (Å²) < 4.78 is 5.36. The third-order valence-corrected chi connectivity index (χ3v) is 3.99. The number of hydrogen-bond acceptors (Lipinski definition) is 3. The molecule has 0 bridgehead atoms. The number of ether oxygens (including phenoxy) is 1. The SMILES string of the molecule is CCC(C)NC(=O)Nc1cccc(C(=O)N2CCOCC2C)c1. The number of benzene rings is 1. The number of hydrogen-bond donors (Lipinski definition) is 2. The summed E-state index contributed by atoms with van der Waals surface area (Å²) in [5, 5.41) is 5.61. The van der Waals surface area contributed by atoms with Gasteiger partial charge in [-0.3, -0.25) is 4.79 Å². The molecule has 6 heteroatoms. The molecular formula is C17H25N3O3. The van der Waals surface area contributed by atoms with Crippen molar-refractivity contribution in [3.63, 3.8) is 0 Å². The normalized spacial score (nSPS) is 19.1. The van der Waals surface area contributed by atoms with Gasteiger partial charge in [-0.25, -0.2) is 4.79 Å². The number of anilines is 1. The monoisotopic (exact) mass is 319 g/mol. The van der Waals surface area contributed by atoms with Crippen LogP contribution in [-0.2, 0) is 4.74 Å². The van der Waals surface area contributed by atoms with Crippen molar-refractivity contribution in [2.24, 2.45) is 0 Å². The Morgan fingerprint density at radius 1 is 1.43 bits per heavy atom. The molecule has 1 fully saturated rings. The van der Waals surface area contributed by atoms with Gasteiger partial charge in [-0.05, 0) is 38.5 Å². The van der Waals surface area contributed by atoms with Crippen molar-refractivity contribution >= 4 is 17.6 Å². The summed E-state index contributed by atoms with van der Waals surface area (Å²) in [6, 6.07) is 6.93. The number of nitrogens with one attached hydrogen (secondary N) is 2. The smallest absolute Gasteiger partial charge is 0.319 e. The molecule has 0 radical (unpaired) electrons. The number of amides is 3. The second kappa shape index (κ2) is 7.97. The molecule has 2 atom stereocenters. The Bertz CT molecular complexity index is 562. The third-order valence-electron chi connectivity index (χ3n) is 3.99. The van der Waals surface area contributed by atoms with E-state index in [1.807, 2.05) is 25.7 Å². The van der Waals surface area contributed by atoms with Crippen LogP contribution >= 0.6 is 0 Å². The first-order valence-corrected chi connectivity index (χ1v) is 8.07. The van der Waals surface area contributed by atoms with Gasteiger partial charge in [0.2, 0.25) is 0 Å². The molecule has 126 valence electrons. The molecule has 23 heavy (non-hydrogen) atoms. The zero-order valence-electron chi connectivity index (χ0n) is 14.0. The van der Waals surface area contributed by atoms with Gasteiger partial charge in [0.15, 0.2) is 0 Å². The average Bonchev–Trinajstić information content (AvgIpc) is 2.54. The molecule has 3 amide bonds. The van der Waals surface area contributed by atoms with Crippen LogP contribution < -0.4 is 10.6 Å². The van der Waals surface area contributed by atoms with Crippen LogP contribution in [0.1, 0.15) is 37.6 Å². The number of morpholine rings is 1. The van der Waals surface area contributed by atoms with Crippen molar-refractivity contribution in [1.29, 1.82) is 0 Å². The minimum absolute atomic E-state index is 0.0354.